The van der Waals surface area contributed by atoms with Gasteiger partial charge in [0.05, 0.1) is 0 Å². The van der Waals surface area contributed by atoms with E-state index in [1.54, 1.807) is 10.7 Å². The van der Waals surface area contributed by atoms with Gasteiger partial charge in [-0.25, -0.2) is 4.79 Å². The lowest BCUT2D eigenvalue weighted by Crippen LogP contribution is -2.53. The zero-order chi connectivity index (χ0) is 25.2. The molecule has 1 aromatic carbocycles. The summed E-state index contributed by atoms with van der Waals surface area (Å²) in [6.45, 7) is 26.2. The summed E-state index contributed by atoms with van der Waals surface area (Å²) in [5.41, 5.74) is 1.58. The van der Waals surface area contributed by atoms with E-state index in [4.69, 9.17) is 8.85 Å². The summed E-state index contributed by atoms with van der Waals surface area (Å²) >= 11 is 0. The molecule has 0 bridgehead atoms. The average molecular weight is 485 g/mol. The molecule has 1 aliphatic rings. The summed E-state index contributed by atoms with van der Waals surface area (Å²) in [5.74, 6) is 6.46. The van der Waals surface area contributed by atoms with Crippen molar-refractivity contribution in [2.24, 2.45) is 0 Å². The van der Waals surface area contributed by atoms with E-state index < -0.39 is 28.8 Å². The van der Waals surface area contributed by atoms with Gasteiger partial charge in [0.25, 0.3) is 5.71 Å². The van der Waals surface area contributed by atoms with E-state index in [2.05, 4.69) is 86.2 Å². The lowest BCUT2D eigenvalue weighted by Gasteiger charge is -2.41. The first kappa shape index (κ1) is 27.5. The molecule has 180 valence electrons. The number of rotatable bonds is 6. The fourth-order valence-corrected chi connectivity index (χ4v) is 5.47. The predicted octanol–water partition coefficient (Wildman–Crippen LogP) is 6.00. The highest BCUT2D eigenvalue weighted by Crippen LogP contribution is 2.41. The van der Waals surface area contributed by atoms with Crippen LogP contribution in [0.15, 0.2) is 43.0 Å². The van der Waals surface area contributed by atoms with Gasteiger partial charge in [0.15, 0.2) is 29.3 Å². The number of amides is 1. The average Bonchev–Trinajstić information content (AvgIpc) is 2.90. The zero-order valence-corrected chi connectivity index (χ0v) is 24.2. The van der Waals surface area contributed by atoms with Crippen molar-refractivity contribution in [1.29, 1.82) is 0 Å². The first-order valence-corrected chi connectivity index (χ1v) is 17.6. The van der Waals surface area contributed by atoms with E-state index in [1.165, 1.54) is 0 Å². The maximum atomic E-state index is 13.7. The number of benzene rings is 1. The van der Waals surface area contributed by atoms with E-state index >= 15 is 0 Å². The van der Waals surface area contributed by atoms with Crippen molar-refractivity contribution < 1.29 is 18.2 Å². The molecule has 33 heavy (non-hydrogen) atoms. The van der Waals surface area contributed by atoms with Gasteiger partial charge in [0, 0.05) is 11.5 Å². The number of carbonyl (C=O) groups excluding carboxylic acids is 1. The summed E-state index contributed by atoms with van der Waals surface area (Å²) in [5, 5.41) is -0.0437. The molecule has 0 spiro atoms. The van der Waals surface area contributed by atoms with Crippen LogP contribution in [-0.2, 0) is 13.6 Å². The Morgan fingerprint density at radius 1 is 0.909 bits per heavy atom. The van der Waals surface area contributed by atoms with Crippen LogP contribution in [0.25, 0.3) is 0 Å². The topological polar surface area (TPSA) is 38.5 Å². The molecule has 1 aromatic rings. The first-order chi connectivity index (χ1) is 15.0. The zero-order valence-electron chi connectivity index (χ0n) is 22.2. The molecular formula is C27H42NO3Si2+. The summed E-state index contributed by atoms with van der Waals surface area (Å²) in [6.07, 6.45) is 0.518. The molecule has 1 amide bonds. The van der Waals surface area contributed by atoms with Crippen molar-refractivity contribution in [3.8, 4) is 11.8 Å². The van der Waals surface area contributed by atoms with Crippen LogP contribution in [-0.4, -0.2) is 51.6 Å². The van der Waals surface area contributed by atoms with Crippen molar-refractivity contribution >= 4 is 28.3 Å². The van der Waals surface area contributed by atoms with Crippen LogP contribution in [0.4, 0.5) is 0 Å². The lowest BCUT2D eigenvalue weighted by atomic mass is 10.1. The molecule has 0 aliphatic carbocycles. The van der Waals surface area contributed by atoms with Crippen molar-refractivity contribution in [2.45, 2.75) is 90.0 Å². The minimum absolute atomic E-state index is 0.0125. The second kappa shape index (κ2) is 9.83. The Morgan fingerprint density at radius 2 is 1.39 bits per heavy atom. The van der Waals surface area contributed by atoms with E-state index in [9.17, 15) is 4.79 Å². The van der Waals surface area contributed by atoms with Crippen molar-refractivity contribution in [1.82, 2.24) is 0 Å². The quantitative estimate of drug-likeness (QED) is 0.215. The molecule has 2 atom stereocenters. The Bertz CT molecular complexity index is 971. The SMILES string of the molecule is C=CC[N+]1=C(C#Cc2ccccc2)[C@@H](O[Si](C)(C)C(C)(C)C)[C@H](O[Si](C)(C)C(C)(C)C)C1=O. The van der Waals surface area contributed by atoms with E-state index in [0.717, 1.165) is 5.56 Å². The van der Waals surface area contributed by atoms with Gasteiger partial charge in [-0.1, -0.05) is 72.2 Å². The largest absolute Gasteiger partial charge is 0.419 e. The lowest BCUT2D eigenvalue weighted by molar-refractivity contribution is -0.435. The number of carbonyl (C=O) groups is 1. The van der Waals surface area contributed by atoms with Gasteiger partial charge in [-0.15, -0.1) is 4.58 Å². The third-order valence-corrected chi connectivity index (χ3v) is 16.1. The number of hydrogen-bond donors (Lipinski definition) is 0. The smallest absolute Gasteiger partial charge is 0.401 e. The molecule has 0 N–H and O–H groups in total. The van der Waals surface area contributed by atoms with E-state index in [-0.39, 0.29) is 16.0 Å². The third-order valence-electron chi connectivity index (χ3n) is 7.22. The molecule has 1 aliphatic heterocycles. The van der Waals surface area contributed by atoms with E-state index in [0.29, 0.717) is 12.3 Å². The summed E-state index contributed by atoms with van der Waals surface area (Å²) < 4.78 is 15.3. The first-order valence-electron chi connectivity index (χ1n) is 11.7. The highest BCUT2D eigenvalue weighted by atomic mass is 28.4. The van der Waals surface area contributed by atoms with Gasteiger partial charge in [-0.05, 0) is 54.5 Å². The Labute approximate surface area is 203 Å². The van der Waals surface area contributed by atoms with Crippen LogP contribution in [0.1, 0.15) is 47.1 Å². The fourth-order valence-electron chi connectivity index (χ4n) is 3.03. The van der Waals surface area contributed by atoms with Crippen molar-refractivity contribution in [3.05, 3.63) is 48.6 Å². The summed E-state index contributed by atoms with van der Waals surface area (Å²) in [4.78, 5) is 13.7. The molecule has 0 aromatic heterocycles. The molecular weight excluding hydrogens is 442 g/mol. The van der Waals surface area contributed by atoms with Gasteiger partial charge in [-0.3, -0.25) is 0 Å². The van der Waals surface area contributed by atoms with Crippen LogP contribution in [0, 0.1) is 11.8 Å². The normalized spacial score (nSPS) is 20.0. The molecule has 2 rings (SSSR count). The third kappa shape index (κ3) is 6.21. The Balaban J connectivity index is 2.63. The Morgan fingerprint density at radius 3 is 1.85 bits per heavy atom. The van der Waals surface area contributed by atoms with Gasteiger partial charge in [0.1, 0.15) is 0 Å². The second-order valence-corrected chi connectivity index (χ2v) is 21.3. The molecule has 0 saturated carbocycles. The minimum atomic E-state index is -2.24. The highest BCUT2D eigenvalue weighted by molar-refractivity contribution is 6.75. The van der Waals surface area contributed by atoms with Crippen molar-refractivity contribution in [3.63, 3.8) is 0 Å². The molecule has 0 fully saturated rings. The summed E-state index contributed by atoms with van der Waals surface area (Å²) in [7, 11) is -4.47. The van der Waals surface area contributed by atoms with E-state index in [1.807, 2.05) is 30.3 Å². The van der Waals surface area contributed by atoms with Gasteiger partial charge < -0.3 is 8.85 Å². The molecule has 0 saturated heterocycles. The van der Waals surface area contributed by atoms with Crippen LogP contribution in [0.2, 0.25) is 36.3 Å². The van der Waals surface area contributed by atoms with Crippen LogP contribution >= 0.6 is 0 Å². The Kier molecular flexibility index (Phi) is 8.18. The molecule has 4 nitrogen and oxygen atoms in total. The maximum absolute atomic E-state index is 13.7. The van der Waals surface area contributed by atoms with Crippen LogP contribution < -0.4 is 0 Å². The molecule has 6 heteroatoms. The predicted molar refractivity (Wildman–Crippen MR) is 143 cm³/mol. The molecule has 0 unspecified atom stereocenters. The maximum Gasteiger partial charge on any atom is 0.419 e. The van der Waals surface area contributed by atoms with Crippen LogP contribution in [0.5, 0.6) is 0 Å². The minimum Gasteiger partial charge on any atom is -0.401 e. The monoisotopic (exact) mass is 484 g/mol. The number of hydrogen-bond acceptors (Lipinski definition) is 3. The highest BCUT2D eigenvalue weighted by Gasteiger charge is 2.57. The molecule has 1 heterocycles. The van der Waals surface area contributed by atoms with Crippen molar-refractivity contribution in [2.75, 3.05) is 6.54 Å². The van der Waals surface area contributed by atoms with Gasteiger partial charge in [0.2, 0.25) is 6.10 Å². The Hall–Kier alpha value is -1.79. The van der Waals surface area contributed by atoms with Gasteiger partial charge in [-0.2, -0.15) is 0 Å². The second-order valence-electron chi connectivity index (χ2n) is 11.8. The van der Waals surface area contributed by atoms with Gasteiger partial charge >= 0.3 is 5.91 Å². The molecule has 0 radical (unpaired) electrons. The standard InChI is InChI=1S/C27H42NO3Si2/c1-12-20-28-22(19-18-21-16-14-13-15-17-21)23(30-32(8,9)26(2,3)4)24(25(28)29)31-33(10,11)27(5,6)7/h12-17,23-24H,1,20H2,2-11H3/q+1/t23-,24+/m1/s1. The summed E-state index contributed by atoms with van der Waals surface area (Å²) in [6, 6.07) is 9.82. The van der Waals surface area contributed by atoms with Crippen LogP contribution in [0.3, 0.4) is 0 Å². The number of nitrogens with zero attached hydrogens (tertiary/aromatic N) is 1. The fraction of sp³-hybridized carbons (Fsp3) is 0.556.